The van der Waals surface area contributed by atoms with Crippen LogP contribution in [0.3, 0.4) is 0 Å². The van der Waals surface area contributed by atoms with Crippen molar-refractivity contribution in [3.63, 3.8) is 0 Å². The van der Waals surface area contributed by atoms with Gasteiger partial charge in [0.15, 0.2) is 0 Å². The summed E-state index contributed by atoms with van der Waals surface area (Å²) < 4.78 is 7.01. The van der Waals surface area contributed by atoms with Gasteiger partial charge in [-0.1, -0.05) is 48.2 Å². The van der Waals surface area contributed by atoms with Crippen molar-refractivity contribution in [2.75, 3.05) is 5.75 Å². The second-order valence-corrected chi connectivity index (χ2v) is 6.98. The van der Waals surface area contributed by atoms with E-state index < -0.39 is 0 Å². The predicted molar refractivity (Wildman–Crippen MR) is 100 cm³/mol. The van der Waals surface area contributed by atoms with Gasteiger partial charge in [0.2, 0.25) is 5.16 Å². The molecule has 1 heterocycles. The Morgan fingerprint density at radius 1 is 1.12 bits per heavy atom. The SMILES string of the molecule is Cc1ccc(C)c(-n2nnnc2SCC(=O)OCc2ccccc2C)c1. The Morgan fingerprint density at radius 3 is 2.73 bits per heavy atom. The lowest BCUT2D eigenvalue weighted by Crippen LogP contribution is -2.09. The number of thioether (sulfide) groups is 1. The molecule has 0 saturated carbocycles. The van der Waals surface area contributed by atoms with Crippen LogP contribution >= 0.6 is 11.8 Å². The van der Waals surface area contributed by atoms with E-state index in [2.05, 4.69) is 15.5 Å². The van der Waals surface area contributed by atoms with Gasteiger partial charge in [0, 0.05) is 0 Å². The fourth-order valence-electron chi connectivity index (χ4n) is 2.46. The van der Waals surface area contributed by atoms with Crippen LogP contribution in [0.4, 0.5) is 0 Å². The zero-order valence-corrected chi connectivity index (χ0v) is 15.8. The number of aryl methyl sites for hydroxylation is 3. The van der Waals surface area contributed by atoms with Gasteiger partial charge >= 0.3 is 5.97 Å². The minimum atomic E-state index is -0.297. The topological polar surface area (TPSA) is 69.9 Å². The van der Waals surface area contributed by atoms with Crippen molar-refractivity contribution < 1.29 is 9.53 Å². The van der Waals surface area contributed by atoms with E-state index >= 15 is 0 Å². The van der Waals surface area contributed by atoms with Crippen LogP contribution in [0.15, 0.2) is 47.6 Å². The molecule has 2 aromatic carbocycles. The van der Waals surface area contributed by atoms with Crippen LogP contribution in [0.25, 0.3) is 5.69 Å². The Kier molecular flexibility index (Phi) is 5.68. The average molecular weight is 368 g/mol. The Bertz CT molecular complexity index is 923. The maximum absolute atomic E-state index is 12.1. The van der Waals surface area contributed by atoms with E-state index in [1.807, 2.05) is 63.2 Å². The highest BCUT2D eigenvalue weighted by Gasteiger charge is 2.14. The third-order valence-corrected chi connectivity index (χ3v) is 4.90. The molecule has 0 radical (unpaired) electrons. The molecule has 0 fully saturated rings. The highest BCUT2D eigenvalue weighted by molar-refractivity contribution is 7.99. The number of tetrazole rings is 1. The first-order chi connectivity index (χ1) is 12.5. The van der Waals surface area contributed by atoms with Gasteiger partial charge in [-0.15, -0.1) is 5.10 Å². The Hall–Kier alpha value is -2.67. The lowest BCUT2D eigenvalue weighted by Gasteiger charge is -2.09. The molecule has 26 heavy (non-hydrogen) atoms. The quantitative estimate of drug-likeness (QED) is 0.490. The fourth-order valence-corrected chi connectivity index (χ4v) is 3.14. The number of aromatic nitrogens is 4. The first-order valence-corrected chi connectivity index (χ1v) is 9.22. The molecule has 7 heteroatoms. The summed E-state index contributed by atoms with van der Waals surface area (Å²) in [6.07, 6.45) is 0. The smallest absolute Gasteiger partial charge is 0.316 e. The number of ether oxygens (including phenoxy) is 1. The summed E-state index contributed by atoms with van der Waals surface area (Å²) in [5.41, 5.74) is 5.20. The van der Waals surface area contributed by atoms with E-state index in [9.17, 15) is 4.79 Å². The standard InChI is InChI=1S/C19H20N4O2S/c1-13-8-9-15(3)17(10-13)23-19(20-21-22-23)26-12-18(24)25-11-16-7-5-4-6-14(16)2/h4-10H,11-12H2,1-3H3. The molecule has 0 N–H and O–H groups in total. The van der Waals surface area contributed by atoms with Crippen molar-refractivity contribution in [2.24, 2.45) is 0 Å². The number of hydrogen-bond donors (Lipinski definition) is 0. The van der Waals surface area contributed by atoms with Crippen molar-refractivity contribution >= 4 is 17.7 Å². The van der Waals surface area contributed by atoms with Crippen LogP contribution in [0.5, 0.6) is 0 Å². The zero-order valence-electron chi connectivity index (χ0n) is 15.0. The highest BCUT2D eigenvalue weighted by Crippen LogP contribution is 2.22. The second-order valence-electron chi connectivity index (χ2n) is 6.04. The Balaban J connectivity index is 1.62. The number of carbonyl (C=O) groups is 1. The largest absolute Gasteiger partial charge is 0.460 e. The molecule has 0 bridgehead atoms. The maximum atomic E-state index is 12.1. The molecular formula is C19H20N4O2S. The van der Waals surface area contributed by atoms with Gasteiger partial charge in [-0.05, 0) is 59.5 Å². The lowest BCUT2D eigenvalue weighted by atomic mass is 10.1. The lowest BCUT2D eigenvalue weighted by molar-refractivity contribution is -0.141. The summed E-state index contributed by atoms with van der Waals surface area (Å²) in [7, 11) is 0. The number of rotatable bonds is 6. The normalized spacial score (nSPS) is 10.7. The summed E-state index contributed by atoms with van der Waals surface area (Å²) in [5, 5.41) is 12.4. The van der Waals surface area contributed by atoms with Crippen LogP contribution in [0.2, 0.25) is 0 Å². The molecule has 0 unspecified atom stereocenters. The third-order valence-electron chi connectivity index (χ3n) is 4.00. The molecule has 0 aliphatic carbocycles. The molecule has 0 aliphatic heterocycles. The number of nitrogens with zero attached hydrogens (tertiary/aromatic N) is 4. The zero-order chi connectivity index (χ0) is 18.5. The van der Waals surface area contributed by atoms with E-state index in [0.29, 0.717) is 5.16 Å². The monoisotopic (exact) mass is 368 g/mol. The summed E-state index contributed by atoms with van der Waals surface area (Å²) in [6, 6.07) is 13.9. The van der Waals surface area contributed by atoms with Gasteiger partial charge in [0.1, 0.15) is 6.61 Å². The van der Waals surface area contributed by atoms with Gasteiger partial charge in [0.05, 0.1) is 11.4 Å². The van der Waals surface area contributed by atoms with Gasteiger partial charge in [-0.2, -0.15) is 4.68 Å². The highest BCUT2D eigenvalue weighted by atomic mass is 32.2. The Morgan fingerprint density at radius 2 is 1.92 bits per heavy atom. The predicted octanol–water partition coefficient (Wildman–Crippen LogP) is 3.42. The number of esters is 1. The molecule has 6 nitrogen and oxygen atoms in total. The second kappa shape index (κ2) is 8.14. The van der Waals surface area contributed by atoms with E-state index in [4.69, 9.17) is 4.74 Å². The minimum Gasteiger partial charge on any atom is -0.460 e. The molecule has 0 saturated heterocycles. The van der Waals surface area contributed by atoms with Crippen LogP contribution < -0.4 is 0 Å². The van der Waals surface area contributed by atoms with Crippen molar-refractivity contribution in [1.29, 1.82) is 0 Å². The van der Waals surface area contributed by atoms with E-state index in [1.165, 1.54) is 11.8 Å². The minimum absolute atomic E-state index is 0.150. The Labute approximate surface area is 156 Å². The molecule has 0 amide bonds. The fraction of sp³-hybridized carbons (Fsp3) is 0.263. The van der Waals surface area contributed by atoms with Crippen LogP contribution in [0, 0.1) is 20.8 Å². The van der Waals surface area contributed by atoms with Crippen molar-refractivity contribution in [1.82, 2.24) is 20.2 Å². The van der Waals surface area contributed by atoms with Crippen molar-refractivity contribution in [2.45, 2.75) is 32.5 Å². The van der Waals surface area contributed by atoms with Crippen LogP contribution in [-0.4, -0.2) is 31.9 Å². The molecule has 0 atom stereocenters. The number of hydrogen-bond acceptors (Lipinski definition) is 6. The maximum Gasteiger partial charge on any atom is 0.316 e. The van der Waals surface area contributed by atoms with E-state index in [0.717, 1.165) is 27.9 Å². The van der Waals surface area contributed by atoms with Crippen molar-refractivity contribution in [3.05, 3.63) is 64.7 Å². The van der Waals surface area contributed by atoms with Crippen LogP contribution in [0.1, 0.15) is 22.3 Å². The molecule has 1 aromatic heterocycles. The third kappa shape index (κ3) is 4.29. The molecular weight excluding hydrogens is 348 g/mol. The van der Waals surface area contributed by atoms with Gasteiger partial charge < -0.3 is 4.74 Å². The van der Waals surface area contributed by atoms with E-state index in [1.54, 1.807) is 4.68 Å². The number of benzene rings is 2. The summed E-state index contributed by atoms with van der Waals surface area (Å²) in [4.78, 5) is 12.1. The first-order valence-electron chi connectivity index (χ1n) is 8.23. The molecule has 3 aromatic rings. The number of carbonyl (C=O) groups excluding carboxylic acids is 1. The summed E-state index contributed by atoms with van der Waals surface area (Å²) in [5.74, 6) is -0.148. The average Bonchev–Trinajstić information content (AvgIpc) is 3.09. The van der Waals surface area contributed by atoms with Gasteiger partial charge in [0.25, 0.3) is 0 Å². The molecule has 3 rings (SSSR count). The molecule has 0 spiro atoms. The van der Waals surface area contributed by atoms with Crippen molar-refractivity contribution in [3.8, 4) is 5.69 Å². The summed E-state index contributed by atoms with van der Waals surface area (Å²) >= 11 is 1.26. The molecule has 0 aliphatic rings. The molecule has 134 valence electrons. The van der Waals surface area contributed by atoms with E-state index in [-0.39, 0.29) is 18.3 Å². The van der Waals surface area contributed by atoms with Gasteiger partial charge in [-0.25, -0.2) is 0 Å². The van der Waals surface area contributed by atoms with Gasteiger partial charge in [-0.3, -0.25) is 4.79 Å². The summed E-state index contributed by atoms with van der Waals surface area (Å²) in [6.45, 7) is 6.29. The van der Waals surface area contributed by atoms with Crippen LogP contribution in [-0.2, 0) is 16.1 Å². The first kappa shape index (κ1) is 18.1.